The molecule has 2 fully saturated rings. The van der Waals surface area contributed by atoms with Gasteiger partial charge in [0.05, 0.1) is 52.8 Å². The van der Waals surface area contributed by atoms with E-state index in [0.29, 0.717) is 63.6 Å². The second-order valence-corrected chi connectivity index (χ2v) is 23.1. The number of allylic oxidation sites excluding steroid dienone is 1. The van der Waals surface area contributed by atoms with E-state index in [2.05, 4.69) is 20.7 Å². The van der Waals surface area contributed by atoms with Crippen LogP contribution in [-0.2, 0) is 27.8 Å². The fraction of sp³-hybridized carbons (Fsp3) is 0.283. The first-order valence-corrected chi connectivity index (χ1v) is 28.6. The predicted molar refractivity (Wildman–Crippen MR) is 305 cm³/mol. The maximum absolute atomic E-state index is 15.7. The third-order valence-electron chi connectivity index (χ3n) is 16.2. The Morgan fingerprint density at radius 3 is 1.99 bits per heavy atom. The van der Waals surface area contributed by atoms with E-state index in [1.807, 2.05) is 48.5 Å². The van der Waals surface area contributed by atoms with E-state index in [1.54, 1.807) is 11.0 Å². The van der Waals surface area contributed by atoms with E-state index < -0.39 is 68.4 Å². The van der Waals surface area contributed by atoms with E-state index in [1.165, 1.54) is 62.8 Å². The van der Waals surface area contributed by atoms with Crippen LogP contribution >= 0.6 is 23.2 Å². The maximum Gasteiger partial charge on any atom is 0.274 e. The van der Waals surface area contributed by atoms with Crippen molar-refractivity contribution < 1.29 is 50.6 Å². The Kier molecular flexibility index (Phi) is 16.1. The Labute approximate surface area is 477 Å². The van der Waals surface area contributed by atoms with Gasteiger partial charge in [-0.1, -0.05) is 65.2 Å². The number of imide groups is 1. The molecule has 2 saturated carbocycles. The Balaban J connectivity index is 0.991. The lowest BCUT2D eigenvalue weighted by Gasteiger charge is -2.39. The lowest BCUT2D eigenvalue weighted by molar-refractivity contribution is -0.126. The second-order valence-electron chi connectivity index (χ2n) is 20.9. The van der Waals surface area contributed by atoms with Crippen molar-refractivity contribution in [3.63, 3.8) is 0 Å². The van der Waals surface area contributed by atoms with Gasteiger partial charge in [0.25, 0.3) is 39.7 Å². The van der Waals surface area contributed by atoms with Crippen molar-refractivity contribution in [3.8, 4) is 11.5 Å². The number of rotatable bonds is 12. The molecule has 6 aromatic rings. The zero-order chi connectivity index (χ0) is 57.4. The van der Waals surface area contributed by atoms with Crippen LogP contribution in [0.5, 0.6) is 11.5 Å². The summed E-state index contributed by atoms with van der Waals surface area (Å²) in [6.07, 6.45) is 5.70. The predicted octanol–water partition coefficient (Wildman–Crippen LogP) is 10.5. The molecule has 0 radical (unpaired) electrons. The van der Waals surface area contributed by atoms with Crippen molar-refractivity contribution in [2.24, 2.45) is 16.0 Å². The molecule has 5 amide bonds. The number of para-hydroxylation sites is 2. The number of ether oxygens (including phenoxy) is 2. The number of benzene rings is 6. The largest absolute Gasteiger partial charge is 0.495 e. The van der Waals surface area contributed by atoms with Crippen molar-refractivity contribution in [2.45, 2.75) is 69.9 Å². The van der Waals surface area contributed by atoms with Gasteiger partial charge in [0, 0.05) is 47.7 Å². The van der Waals surface area contributed by atoms with Crippen LogP contribution in [0, 0.1) is 22.5 Å². The number of anilines is 4. The Hall–Kier alpha value is -7.68. The van der Waals surface area contributed by atoms with Gasteiger partial charge in [0.1, 0.15) is 23.1 Å². The summed E-state index contributed by atoms with van der Waals surface area (Å²) in [4.78, 5) is 75.4. The van der Waals surface area contributed by atoms with Crippen molar-refractivity contribution in [3.05, 3.63) is 188 Å². The van der Waals surface area contributed by atoms with E-state index in [0.717, 1.165) is 51.6 Å². The summed E-state index contributed by atoms with van der Waals surface area (Å²) in [6, 6.07) is 28.7. The monoisotopic (exact) mass is 1160 g/mol. The molecule has 2 aliphatic heterocycles. The number of amides is 5. The number of carbonyl (C=O) groups excluding carboxylic acids is 5. The molecule has 3 unspecified atom stereocenters. The molecule has 2 heterocycles. The molecule has 0 bridgehead atoms. The molecule has 10 rings (SSSR count). The first kappa shape index (κ1) is 56.6. The molecular weight excluding hydrogens is 1100 g/mol. The van der Waals surface area contributed by atoms with E-state index in [9.17, 15) is 31.6 Å². The summed E-state index contributed by atoms with van der Waals surface area (Å²) in [5.74, 6) is -4.39. The van der Waals surface area contributed by atoms with Crippen LogP contribution in [0.3, 0.4) is 0 Å². The van der Waals surface area contributed by atoms with Crippen LogP contribution in [0.15, 0.2) is 133 Å². The highest BCUT2D eigenvalue weighted by Crippen LogP contribution is 2.52. The summed E-state index contributed by atoms with van der Waals surface area (Å²) in [7, 11) is -1.73. The number of nitrogens with two attached hydrogens (primary N) is 1. The van der Waals surface area contributed by atoms with E-state index >= 15 is 9.59 Å². The van der Waals surface area contributed by atoms with Crippen LogP contribution in [0.4, 0.5) is 31.5 Å². The van der Waals surface area contributed by atoms with Crippen molar-refractivity contribution in [1.29, 1.82) is 0 Å². The molecule has 81 heavy (non-hydrogen) atoms. The van der Waals surface area contributed by atoms with Crippen LogP contribution in [0.25, 0.3) is 0 Å². The quantitative estimate of drug-likeness (QED) is 0.0730. The van der Waals surface area contributed by atoms with Crippen LogP contribution in [0.1, 0.15) is 97.5 Å². The average molecular weight is 1160 g/mol. The SMILES string of the molecule is COc1cc(C(=O)N2CCC3(CCCC3=CC(=O)N(C(=O)c3ccc(NC(=O)c4cc(F)ccc4Cl)c(OC)c3)C3CCC4(CCNc5ccccc5C4)[C@H]3NS(N)(=O)=O)Cc3ccccc32)ccc1NC(=O)c1cc(F)ccc1Cl. The van der Waals surface area contributed by atoms with Crippen LogP contribution in [0.2, 0.25) is 10.0 Å². The van der Waals surface area contributed by atoms with Gasteiger partial charge in [-0.15, -0.1) is 0 Å². The summed E-state index contributed by atoms with van der Waals surface area (Å²) in [5.41, 5.74) is 2.94. The smallest absolute Gasteiger partial charge is 0.274 e. The molecule has 4 atom stereocenters. The molecule has 0 aromatic heterocycles. The van der Waals surface area contributed by atoms with Gasteiger partial charge in [0.2, 0.25) is 0 Å². The van der Waals surface area contributed by atoms with Gasteiger partial charge < -0.3 is 30.3 Å². The van der Waals surface area contributed by atoms with Gasteiger partial charge in [-0.05, 0) is 165 Å². The Morgan fingerprint density at radius 2 is 1.35 bits per heavy atom. The number of carbonyl (C=O) groups is 5. The van der Waals surface area contributed by atoms with E-state index in [4.69, 9.17) is 37.8 Å². The first-order chi connectivity index (χ1) is 38.8. The fourth-order valence-electron chi connectivity index (χ4n) is 12.4. The number of nitrogens with zero attached hydrogens (tertiary/aromatic N) is 2. The molecule has 16 nitrogen and oxygen atoms in total. The summed E-state index contributed by atoms with van der Waals surface area (Å²) in [6.45, 7) is 0.690. The third-order valence-corrected chi connectivity index (χ3v) is 17.5. The summed E-state index contributed by atoms with van der Waals surface area (Å²) < 4.78 is 68.9. The van der Waals surface area contributed by atoms with Gasteiger partial charge >= 0.3 is 0 Å². The molecule has 4 aliphatic rings. The van der Waals surface area contributed by atoms with Gasteiger partial charge in [-0.3, -0.25) is 28.9 Å². The van der Waals surface area contributed by atoms with Gasteiger partial charge in [-0.25, -0.2) is 13.9 Å². The highest BCUT2D eigenvalue weighted by molar-refractivity contribution is 7.87. The average Bonchev–Trinajstić information content (AvgIpc) is 3.52. The molecular formula is C60H57Cl2F2N7O9S. The number of methoxy groups -OCH3 is 2. The van der Waals surface area contributed by atoms with Crippen molar-refractivity contribution in [1.82, 2.24) is 9.62 Å². The fourth-order valence-corrected chi connectivity index (χ4v) is 13.5. The third kappa shape index (κ3) is 11.6. The lowest BCUT2D eigenvalue weighted by Crippen LogP contribution is -2.59. The highest BCUT2D eigenvalue weighted by atomic mass is 35.5. The summed E-state index contributed by atoms with van der Waals surface area (Å²) in [5, 5.41) is 14.7. The van der Waals surface area contributed by atoms with Gasteiger partial charge in [0.15, 0.2) is 0 Å². The molecule has 6 N–H and O–H groups in total. The number of nitrogens with one attached hydrogen (secondary N) is 4. The molecule has 2 aliphatic carbocycles. The van der Waals surface area contributed by atoms with Crippen LogP contribution < -0.4 is 40.2 Å². The number of hydrogen-bond donors (Lipinski definition) is 5. The number of hydrogen-bond acceptors (Lipinski definition) is 10. The Bertz CT molecular complexity index is 3680. The zero-order valence-corrected chi connectivity index (χ0v) is 46.5. The highest BCUT2D eigenvalue weighted by Gasteiger charge is 2.54. The first-order valence-electron chi connectivity index (χ1n) is 26.3. The van der Waals surface area contributed by atoms with Gasteiger partial charge in [-0.2, -0.15) is 13.1 Å². The topological polar surface area (TPSA) is 219 Å². The molecule has 420 valence electrons. The van der Waals surface area contributed by atoms with Crippen LogP contribution in [-0.4, -0.2) is 82.2 Å². The lowest BCUT2D eigenvalue weighted by atomic mass is 9.74. The van der Waals surface area contributed by atoms with E-state index in [-0.39, 0.29) is 74.0 Å². The van der Waals surface area contributed by atoms with Crippen molar-refractivity contribution in [2.75, 3.05) is 48.2 Å². The normalized spacial score (nSPS) is 20.8. The standard InChI is InChI=1S/C60H57Cl2F2N7O9S/c1-79-51-28-35(13-19-47(51)67-55(73)42-31-40(63)15-17-44(42)61)57(75)70-27-25-59(34-38-9-4-6-12-49(38)70)22-7-10-39(59)30-53(72)71(50-21-23-60(54(50)69-81(65,77)78)24-26-66-46-11-5-3-8-37(46)33-60)58(76)36-14-20-48(52(29-36)80-2)68-56(74)43-32-41(64)16-18-45(43)62/h3-6,8-9,11-20,28-32,50,54,66,69H,7,10,21-27,33-34H2,1-2H3,(H,67,73)(H,68,74)(H2,65,77,78)/t50?,54-,59?,60?/m0/s1. The second kappa shape index (κ2) is 23.1. The minimum absolute atomic E-state index is 0.00000924. The molecule has 6 aromatic carbocycles. The summed E-state index contributed by atoms with van der Waals surface area (Å²) >= 11 is 12.5. The number of halogens is 4. The maximum atomic E-state index is 15.7. The zero-order valence-electron chi connectivity index (χ0n) is 44.1. The molecule has 0 saturated heterocycles. The Morgan fingerprint density at radius 1 is 0.741 bits per heavy atom. The number of fused-ring (bicyclic) bond motifs is 2. The molecule has 2 spiro atoms. The minimum atomic E-state index is -4.44. The minimum Gasteiger partial charge on any atom is -0.495 e. The van der Waals surface area contributed by atoms with Crippen molar-refractivity contribution >= 4 is 85.7 Å². The molecule has 21 heteroatoms.